The summed E-state index contributed by atoms with van der Waals surface area (Å²) in [4.78, 5) is 23.3. The predicted molar refractivity (Wildman–Crippen MR) is 111 cm³/mol. The maximum atomic E-state index is 11.9. The van der Waals surface area contributed by atoms with Crippen LogP contribution in [0.1, 0.15) is 69.3 Å². The van der Waals surface area contributed by atoms with Gasteiger partial charge in [0.25, 0.3) is 0 Å². The van der Waals surface area contributed by atoms with Gasteiger partial charge in [-0.05, 0) is 83.9 Å². The second-order valence-electron chi connectivity index (χ2n) is 8.62. The molecule has 1 aliphatic rings. The van der Waals surface area contributed by atoms with Gasteiger partial charge in [0.1, 0.15) is 5.60 Å². The van der Waals surface area contributed by atoms with E-state index in [-0.39, 0.29) is 23.7 Å². The van der Waals surface area contributed by atoms with Gasteiger partial charge in [-0.1, -0.05) is 11.6 Å². The number of amides is 1. The Labute approximate surface area is 172 Å². The fourth-order valence-electron chi connectivity index (χ4n) is 3.65. The second kappa shape index (κ2) is 9.03. The van der Waals surface area contributed by atoms with Gasteiger partial charge in [-0.2, -0.15) is 0 Å². The molecule has 0 saturated heterocycles. The smallest absolute Gasteiger partial charge is 0.407 e. The molecule has 0 bridgehead atoms. The van der Waals surface area contributed by atoms with Crippen LogP contribution in [0.2, 0.25) is 5.02 Å². The molecule has 3 N–H and O–H groups in total. The van der Waals surface area contributed by atoms with Crippen molar-refractivity contribution in [1.29, 1.82) is 0 Å². The molecule has 6 nitrogen and oxygen atoms in total. The van der Waals surface area contributed by atoms with Crippen molar-refractivity contribution in [2.45, 2.75) is 78.0 Å². The highest BCUT2D eigenvalue weighted by atomic mass is 35.5. The highest BCUT2D eigenvalue weighted by Crippen LogP contribution is 2.31. The van der Waals surface area contributed by atoms with Crippen LogP contribution in [0, 0.1) is 12.8 Å². The Hall–Kier alpha value is -1.95. The van der Waals surface area contributed by atoms with Gasteiger partial charge in [0, 0.05) is 22.8 Å². The Kier molecular flexibility index (Phi) is 7.21. The maximum absolute atomic E-state index is 11.9. The average molecular weight is 411 g/mol. The first kappa shape index (κ1) is 22.3. The quantitative estimate of drug-likeness (QED) is 0.618. The SMILES string of the molecule is Cc1c(NC(C)C2CCC(NC(=O)OC(C)(C)C)CC2)cc(Cl)cc1C(=O)O. The normalized spacial score (nSPS) is 20.9. The van der Waals surface area contributed by atoms with Crippen molar-refractivity contribution in [2.75, 3.05) is 5.32 Å². The molecule has 7 heteroatoms. The van der Waals surface area contributed by atoms with E-state index in [0.29, 0.717) is 16.5 Å². The molecule has 0 aliphatic heterocycles. The number of carboxylic acid groups (broad SMARTS) is 1. The lowest BCUT2D eigenvalue weighted by molar-refractivity contribution is 0.0486. The average Bonchev–Trinajstić information content (AvgIpc) is 2.56. The minimum atomic E-state index is -0.982. The lowest BCUT2D eigenvalue weighted by Crippen LogP contribution is -2.42. The maximum Gasteiger partial charge on any atom is 0.407 e. The van der Waals surface area contributed by atoms with Crippen LogP contribution in [-0.2, 0) is 4.74 Å². The Morgan fingerprint density at radius 1 is 1.21 bits per heavy atom. The van der Waals surface area contributed by atoms with Gasteiger partial charge in [-0.15, -0.1) is 0 Å². The fraction of sp³-hybridized carbons (Fsp3) is 0.619. The van der Waals surface area contributed by atoms with Crippen molar-refractivity contribution in [2.24, 2.45) is 5.92 Å². The highest BCUT2D eigenvalue weighted by Gasteiger charge is 2.28. The zero-order chi connectivity index (χ0) is 21.1. The summed E-state index contributed by atoms with van der Waals surface area (Å²) in [5.74, 6) is -0.548. The Balaban J connectivity index is 1.92. The van der Waals surface area contributed by atoms with E-state index >= 15 is 0 Å². The van der Waals surface area contributed by atoms with Crippen LogP contribution < -0.4 is 10.6 Å². The van der Waals surface area contributed by atoms with E-state index in [9.17, 15) is 14.7 Å². The van der Waals surface area contributed by atoms with Crippen LogP contribution in [0.15, 0.2) is 12.1 Å². The molecule has 0 aromatic heterocycles. The molecule has 0 spiro atoms. The van der Waals surface area contributed by atoms with Crippen molar-refractivity contribution >= 4 is 29.4 Å². The number of halogens is 1. The van der Waals surface area contributed by atoms with E-state index in [1.807, 2.05) is 20.8 Å². The lowest BCUT2D eigenvalue weighted by Gasteiger charge is -2.34. The minimum Gasteiger partial charge on any atom is -0.478 e. The van der Waals surface area contributed by atoms with Crippen LogP contribution in [0.5, 0.6) is 0 Å². The lowest BCUT2D eigenvalue weighted by atomic mass is 9.82. The summed E-state index contributed by atoms with van der Waals surface area (Å²) >= 11 is 6.09. The number of carbonyl (C=O) groups is 2. The molecule has 0 heterocycles. The zero-order valence-electron chi connectivity index (χ0n) is 17.3. The van der Waals surface area contributed by atoms with E-state index in [1.165, 1.54) is 6.07 Å². The molecule has 156 valence electrons. The van der Waals surface area contributed by atoms with Crippen molar-refractivity contribution in [3.63, 3.8) is 0 Å². The first-order valence-corrected chi connectivity index (χ1v) is 10.1. The van der Waals surface area contributed by atoms with Gasteiger partial charge in [0.2, 0.25) is 0 Å². The van der Waals surface area contributed by atoms with Crippen LogP contribution in [0.3, 0.4) is 0 Å². The summed E-state index contributed by atoms with van der Waals surface area (Å²) in [5, 5.41) is 16.1. The molecule has 1 unspecified atom stereocenters. The number of carboxylic acids is 1. The predicted octanol–water partition coefficient (Wildman–Crippen LogP) is 5.23. The van der Waals surface area contributed by atoms with Crippen LogP contribution in [0.4, 0.5) is 10.5 Å². The van der Waals surface area contributed by atoms with Crippen molar-refractivity contribution in [1.82, 2.24) is 5.32 Å². The number of hydrogen-bond donors (Lipinski definition) is 3. The fourth-order valence-corrected chi connectivity index (χ4v) is 3.87. The van der Waals surface area contributed by atoms with Crippen molar-refractivity contribution in [3.05, 3.63) is 28.3 Å². The van der Waals surface area contributed by atoms with Gasteiger partial charge in [-0.25, -0.2) is 9.59 Å². The molecule has 28 heavy (non-hydrogen) atoms. The van der Waals surface area contributed by atoms with E-state index in [1.54, 1.807) is 13.0 Å². The van der Waals surface area contributed by atoms with Gasteiger partial charge in [0.15, 0.2) is 0 Å². The highest BCUT2D eigenvalue weighted by molar-refractivity contribution is 6.31. The Morgan fingerprint density at radius 2 is 1.82 bits per heavy atom. The Morgan fingerprint density at radius 3 is 2.36 bits per heavy atom. The zero-order valence-corrected chi connectivity index (χ0v) is 18.0. The van der Waals surface area contributed by atoms with Crippen LogP contribution >= 0.6 is 11.6 Å². The molecule has 1 aromatic carbocycles. The standard InChI is InChI=1S/C21H31ClN2O4/c1-12-17(19(25)26)10-15(22)11-18(12)23-13(2)14-6-8-16(9-7-14)24-20(27)28-21(3,4)5/h10-11,13-14,16,23H,6-9H2,1-5H3,(H,24,27)(H,25,26). The van der Waals surface area contributed by atoms with Crippen molar-refractivity contribution < 1.29 is 19.4 Å². The number of aromatic carboxylic acids is 1. The summed E-state index contributed by atoms with van der Waals surface area (Å²) < 4.78 is 5.33. The number of carbonyl (C=O) groups excluding carboxylic acids is 1. The third-order valence-electron chi connectivity index (χ3n) is 5.19. The van der Waals surface area contributed by atoms with Crippen LogP contribution in [-0.4, -0.2) is 34.9 Å². The number of nitrogens with one attached hydrogen (secondary N) is 2. The molecule has 1 amide bonds. The van der Waals surface area contributed by atoms with E-state index in [4.69, 9.17) is 16.3 Å². The molecular formula is C21H31ClN2O4. The van der Waals surface area contributed by atoms with Crippen molar-refractivity contribution in [3.8, 4) is 0 Å². The monoisotopic (exact) mass is 410 g/mol. The molecule has 2 rings (SSSR count). The summed E-state index contributed by atoms with van der Waals surface area (Å²) in [7, 11) is 0. The number of alkyl carbamates (subject to hydrolysis) is 1. The molecule has 0 radical (unpaired) electrons. The van der Waals surface area contributed by atoms with E-state index in [2.05, 4.69) is 17.6 Å². The summed E-state index contributed by atoms with van der Waals surface area (Å²) in [6, 6.07) is 3.55. The summed E-state index contributed by atoms with van der Waals surface area (Å²) in [5.41, 5.74) is 1.16. The summed E-state index contributed by atoms with van der Waals surface area (Å²) in [6.07, 6.45) is 3.37. The third-order valence-corrected chi connectivity index (χ3v) is 5.40. The third kappa shape index (κ3) is 6.30. The molecule has 1 fully saturated rings. The number of ether oxygens (including phenoxy) is 1. The molecule has 1 aromatic rings. The first-order chi connectivity index (χ1) is 13.0. The number of benzene rings is 1. The number of hydrogen-bond acceptors (Lipinski definition) is 4. The molecule has 1 atom stereocenters. The van der Waals surface area contributed by atoms with Gasteiger partial charge in [-0.3, -0.25) is 0 Å². The topological polar surface area (TPSA) is 87.7 Å². The first-order valence-electron chi connectivity index (χ1n) is 9.75. The molecule has 1 saturated carbocycles. The largest absolute Gasteiger partial charge is 0.478 e. The number of anilines is 1. The van der Waals surface area contributed by atoms with Gasteiger partial charge >= 0.3 is 12.1 Å². The number of rotatable bonds is 5. The van der Waals surface area contributed by atoms with Gasteiger partial charge in [0.05, 0.1) is 5.56 Å². The van der Waals surface area contributed by atoms with Gasteiger partial charge < -0.3 is 20.5 Å². The molecule has 1 aliphatic carbocycles. The Bertz CT molecular complexity index is 722. The molecular weight excluding hydrogens is 380 g/mol. The van der Waals surface area contributed by atoms with Crippen LogP contribution in [0.25, 0.3) is 0 Å². The second-order valence-corrected chi connectivity index (χ2v) is 9.06. The van der Waals surface area contributed by atoms with E-state index < -0.39 is 11.6 Å². The summed E-state index contributed by atoms with van der Waals surface area (Å²) in [6.45, 7) is 9.45. The van der Waals surface area contributed by atoms with E-state index in [0.717, 1.165) is 31.4 Å². The minimum absolute atomic E-state index is 0.129.